The van der Waals surface area contributed by atoms with Crippen LogP contribution in [0.3, 0.4) is 0 Å². The predicted octanol–water partition coefficient (Wildman–Crippen LogP) is 1.17. The smallest absolute Gasteiger partial charge is 0.343 e. The maximum absolute atomic E-state index is 11.6. The number of methoxy groups -OCH3 is 1. The summed E-state index contributed by atoms with van der Waals surface area (Å²) < 4.78 is 11.3. The topological polar surface area (TPSA) is 70.2 Å². The predicted molar refractivity (Wildman–Crippen MR) is 54.8 cm³/mol. The van der Waals surface area contributed by atoms with E-state index in [0.717, 1.165) is 0 Å². The van der Waals surface area contributed by atoms with Crippen LogP contribution in [-0.2, 0) is 11.8 Å². The Hall–Kier alpha value is -2.11. The summed E-state index contributed by atoms with van der Waals surface area (Å²) in [5.41, 5.74) is 1.49. The SMILES string of the molecule is COC(=O)c1c(-c2ccnn2C)noc1C. The summed E-state index contributed by atoms with van der Waals surface area (Å²) in [4.78, 5) is 11.6. The Balaban J connectivity index is 2.59. The first-order chi connectivity index (χ1) is 7.65. The van der Waals surface area contributed by atoms with E-state index in [4.69, 9.17) is 4.52 Å². The van der Waals surface area contributed by atoms with Gasteiger partial charge < -0.3 is 9.26 Å². The molecule has 2 aromatic heterocycles. The molecule has 16 heavy (non-hydrogen) atoms. The van der Waals surface area contributed by atoms with Gasteiger partial charge in [0.05, 0.1) is 12.8 Å². The van der Waals surface area contributed by atoms with Crippen LogP contribution >= 0.6 is 0 Å². The third kappa shape index (κ3) is 1.48. The number of hydrogen-bond donors (Lipinski definition) is 0. The first-order valence-electron chi connectivity index (χ1n) is 4.68. The Morgan fingerprint density at radius 3 is 2.88 bits per heavy atom. The minimum atomic E-state index is -0.463. The van der Waals surface area contributed by atoms with Gasteiger partial charge in [0.15, 0.2) is 0 Å². The first-order valence-corrected chi connectivity index (χ1v) is 4.68. The van der Waals surface area contributed by atoms with Crippen molar-refractivity contribution in [3.8, 4) is 11.4 Å². The highest BCUT2D eigenvalue weighted by Crippen LogP contribution is 2.24. The molecule has 0 radical (unpaired) electrons. The highest BCUT2D eigenvalue weighted by Gasteiger charge is 2.23. The fourth-order valence-corrected chi connectivity index (χ4v) is 1.50. The van der Waals surface area contributed by atoms with Gasteiger partial charge in [0.2, 0.25) is 0 Å². The molecule has 0 saturated heterocycles. The summed E-state index contributed by atoms with van der Waals surface area (Å²) >= 11 is 0. The number of aromatic nitrogens is 3. The lowest BCUT2D eigenvalue weighted by Gasteiger charge is -2.00. The molecule has 0 aliphatic rings. The third-order valence-electron chi connectivity index (χ3n) is 2.32. The van der Waals surface area contributed by atoms with Crippen molar-refractivity contribution < 1.29 is 14.1 Å². The second-order valence-corrected chi connectivity index (χ2v) is 3.29. The van der Waals surface area contributed by atoms with Crippen LogP contribution in [0.15, 0.2) is 16.8 Å². The molecular formula is C10H11N3O3. The van der Waals surface area contributed by atoms with Gasteiger partial charge in [-0.2, -0.15) is 5.10 Å². The summed E-state index contributed by atoms with van der Waals surface area (Å²) in [7, 11) is 3.09. The van der Waals surface area contributed by atoms with E-state index < -0.39 is 5.97 Å². The molecule has 0 bridgehead atoms. The average molecular weight is 221 g/mol. The fraction of sp³-hybridized carbons (Fsp3) is 0.300. The number of carbonyl (C=O) groups excluding carboxylic acids is 1. The minimum absolute atomic E-state index is 0.339. The number of ether oxygens (including phenoxy) is 1. The maximum atomic E-state index is 11.6. The van der Waals surface area contributed by atoms with Gasteiger partial charge in [-0.25, -0.2) is 4.79 Å². The molecule has 0 atom stereocenters. The van der Waals surface area contributed by atoms with Gasteiger partial charge in [0.25, 0.3) is 0 Å². The van der Waals surface area contributed by atoms with E-state index >= 15 is 0 Å². The Morgan fingerprint density at radius 1 is 1.56 bits per heavy atom. The fourth-order valence-electron chi connectivity index (χ4n) is 1.50. The lowest BCUT2D eigenvalue weighted by Crippen LogP contribution is -2.05. The molecule has 2 rings (SSSR count). The molecule has 0 saturated carbocycles. The van der Waals surface area contributed by atoms with Crippen molar-refractivity contribution >= 4 is 5.97 Å². The van der Waals surface area contributed by atoms with Gasteiger partial charge >= 0.3 is 5.97 Å². The number of aryl methyl sites for hydroxylation is 2. The van der Waals surface area contributed by atoms with Crippen LogP contribution < -0.4 is 0 Å². The van der Waals surface area contributed by atoms with E-state index in [1.807, 2.05) is 0 Å². The molecular weight excluding hydrogens is 210 g/mol. The lowest BCUT2D eigenvalue weighted by molar-refractivity contribution is 0.0599. The van der Waals surface area contributed by atoms with Crippen LogP contribution in [0.1, 0.15) is 16.1 Å². The molecule has 0 amide bonds. The molecule has 2 aromatic rings. The molecule has 0 N–H and O–H groups in total. The number of carbonyl (C=O) groups is 1. The van der Waals surface area contributed by atoms with E-state index in [9.17, 15) is 4.79 Å². The van der Waals surface area contributed by atoms with Gasteiger partial charge in [-0.15, -0.1) is 0 Å². The van der Waals surface area contributed by atoms with Gasteiger partial charge in [0.1, 0.15) is 17.0 Å². The second kappa shape index (κ2) is 3.80. The molecule has 6 nitrogen and oxygen atoms in total. The normalized spacial score (nSPS) is 10.4. The van der Waals surface area contributed by atoms with Crippen LogP contribution in [-0.4, -0.2) is 28.0 Å². The van der Waals surface area contributed by atoms with Crippen molar-refractivity contribution in [2.75, 3.05) is 7.11 Å². The molecule has 0 aliphatic carbocycles. The summed E-state index contributed by atoms with van der Waals surface area (Å²) in [5.74, 6) is -0.0296. The second-order valence-electron chi connectivity index (χ2n) is 3.29. The zero-order valence-corrected chi connectivity index (χ0v) is 9.22. The highest BCUT2D eigenvalue weighted by molar-refractivity contribution is 5.96. The van der Waals surface area contributed by atoms with Crippen molar-refractivity contribution in [1.29, 1.82) is 0 Å². The Morgan fingerprint density at radius 2 is 2.31 bits per heavy atom. The monoisotopic (exact) mass is 221 g/mol. The largest absolute Gasteiger partial charge is 0.465 e. The van der Waals surface area contributed by atoms with Gasteiger partial charge in [-0.3, -0.25) is 4.68 Å². The number of rotatable bonds is 2. The molecule has 0 spiro atoms. The average Bonchev–Trinajstić information content (AvgIpc) is 2.83. The molecule has 0 fully saturated rings. The summed E-state index contributed by atoms with van der Waals surface area (Å²) in [6, 6.07) is 1.75. The van der Waals surface area contributed by atoms with Gasteiger partial charge in [0, 0.05) is 13.2 Å². The minimum Gasteiger partial charge on any atom is -0.465 e. The van der Waals surface area contributed by atoms with Crippen molar-refractivity contribution in [3.05, 3.63) is 23.6 Å². The quantitative estimate of drug-likeness (QED) is 0.712. The molecule has 84 valence electrons. The standard InChI is InChI=1S/C10H11N3O3/c1-6-8(10(14)15-3)9(12-16-6)7-4-5-11-13(7)2/h4-5H,1-3H3. The van der Waals surface area contributed by atoms with Gasteiger partial charge in [-0.05, 0) is 13.0 Å². The molecule has 0 aromatic carbocycles. The number of esters is 1. The Kier molecular flexibility index (Phi) is 2.47. The zero-order valence-electron chi connectivity index (χ0n) is 9.22. The van der Waals surface area contributed by atoms with Crippen molar-refractivity contribution in [2.45, 2.75) is 6.92 Å². The van der Waals surface area contributed by atoms with E-state index in [2.05, 4.69) is 15.0 Å². The van der Waals surface area contributed by atoms with E-state index in [-0.39, 0.29) is 0 Å². The van der Waals surface area contributed by atoms with Crippen molar-refractivity contribution in [1.82, 2.24) is 14.9 Å². The number of nitrogens with zero attached hydrogens (tertiary/aromatic N) is 3. The maximum Gasteiger partial charge on any atom is 0.343 e. The Labute approximate surface area is 91.8 Å². The molecule has 6 heteroatoms. The van der Waals surface area contributed by atoms with Gasteiger partial charge in [-0.1, -0.05) is 5.16 Å². The van der Waals surface area contributed by atoms with Crippen molar-refractivity contribution in [3.63, 3.8) is 0 Å². The van der Waals surface area contributed by atoms with E-state index in [0.29, 0.717) is 22.7 Å². The summed E-state index contributed by atoms with van der Waals surface area (Å²) in [6.45, 7) is 1.67. The molecule has 0 unspecified atom stereocenters. The van der Waals surface area contributed by atoms with Crippen LogP contribution in [0.2, 0.25) is 0 Å². The summed E-state index contributed by atoms with van der Waals surface area (Å²) in [6.07, 6.45) is 1.63. The molecule has 0 aliphatic heterocycles. The van der Waals surface area contributed by atoms with Crippen LogP contribution in [0.25, 0.3) is 11.4 Å². The van der Waals surface area contributed by atoms with E-state index in [1.54, 1.807) is 30.9 Å². The van der Waals surface area contributed by atoms with Crippen LogP contribution in [0.4, 0.5) is 0 Å². The van der Waals surface area contributed by atoms with Crippen LogP contribution in [0, 0.1) is 6.92 Å². The number of hydrogen-bond acceptors (Lipinski definition) is 5. The summed E-state index contributed by atoms with van der Waals surface area (Å²) in [5, 5.41) is 7.86. The van der Waals surface area contributed by atoms with Crippen LogP contribution in [0.5, 0.6) is 0 Å². The third-order valence-corrected chi connectivity index (χ3v) is 2.32. The Bertz CT molecular complexity index is 527. The highest BCUT2D eigenvalue weighted by atomic mass is 16.5. The van der Waals surface area contributed by atoms with E-state index in [1.165, 1.54) is 7.11 Å². The lowest BCUT2D eigenvalue weighted by atomic mass is 10.1. The zero-order chi connectivity index (χ0) is 11.7. The first kappa shape index (κ1) is 10.4. The molecule has 2 heterocycles. The van der Waals surface area contributed by atoms with Crippen molar-refractivity contribution in [2.24, 2.45) is 7.05 Å².